The van der Waals surface area contributed by atoms with Crippen LogP contribution in [-0.2, 0) is 6.54 Å². The van der Waals surface area contributed by atoms with Crippen LogP contribution in [0.5, 0.6) is 11.5 Å². The van der Waals surface area contributed by atoms with Crippen molar-refractivity contribution in [3.05, 3.63) is 36.4 Å². The molecule has 19 heavy (non-hydrogen) atoms. The molecule has 1 aliphatic rings. The van der Waals surface area contributed by atoms with Gasteiger partial charge in [0.25, 0.3) is 0 Å². The predicted molar refractivity (Wildman–Crippen MR) is 80.4 cm³/mol. The molecule has 0 radical (unpaired) electrons. The molecular formula is C15H22ClNO2. The molecule has 1 fully saturated rings. The Morgan fingerprint density at radius 2 is 2.11 bits per heavy atom. The van der Waals surface area contributed by atoms with Crippen LogP contribution in [-0.4, -0.2) is 19.3 Å². The van der Waals surface area contributed by atoms with Gasteiger partial charge in [0.2, 0.25) is 0 Å². The van der Waals surface area contributed by atoms with Crippen molar-refractivity contribution in [3.8, 4) is 11.5 Å². The molecule has 1 aliphatic carbocycles. The molecule has 1 N–H and O–H groups in total. The molecule has 1 aromatic rings. The minimum Gasteiger partial charge on any atom is -0.490 e. The Balaban J connectivity index is 0.00000180. The number of hydrogen-bond donors (Lipinski definition) is 1. The molecule has 106 valence electrons. The van der Waals surface area contributed by atoms with Gasteiger partial charge < -0.3 is 14.8 Å². The summed E-state index contributed by atoms with van der Waals surface area (Å²) in [6.07, 6.45) is 4.34. The lowest BCUT2D eigenvalue weighted by Gasteiger charge is -2.12. The molecular weight excluding hydrogens is 262 g/mol. The van der Waals surface area contributed by atoms with E-state index in [0.29, 0.717) is 13.2 Å². The highest BCUT2D eigenvalue weighted by Gasteiger charge is 2.20. The number of nitrogens with one attached hydrogen (secondary N) is 1. The van der Waals surface area contributed by atoms with E-state index in [1.54, 1.807) is 6.08 Å². The molecule has 0 unspecified atom stereocenters. The highest BCUT2D eigenvalue weighted by atomic mass is 35.5. The summed E-state index contributed by atoms with van der Waals surface area (Å²) in [5.41, 5.74) is 1.23. The quantitative estimate of drug-likeness (QED) is 0.743. The van der Waals surface area contributed by atoms with E-state index in [1.165, 1.54) is 18.4 Å². The van der Waals surface area contributed by atoms with E-state index in [4.69, 9.17) is 9.47 Å². The zero-order valence-electron chi connectivity index (χ0n) is 11.4. The second kappa shape index (κ2) is 8.08. The van der Waals surface area contributed by atoms with Crippen LogP contribution in [0.1, 0.15) is 25.3 Å². The van der Waals surface area contributed by atoms with Gasteiger partial charge in [0.1, 0.15) is 6.61 Å². The Kier molecular flexibility index (Phi) is 6.74. The lowest BCUT2D eigenvalue weighted by Crippen LogP contribution is -2.15. The standard InChI is InChI=1S/C15H21NO2.ClH/c1-3-9-18-14-8-5-12(10-15(14)17-4-2)11-16-13-6-7-13;/h3,5,8,10,13,16H,1,4,6-7,9,11H2,2H3;1H. The highest BCUT2D eigenvalue weighted by Crippen LogP contribution is 2.29. The zero-order valence-corrected chi connectivity index (χ0v) is 12.2. The third-order valence-corrected chi connectivity index (χ3v) is 2.84. The minimum atomic E-state index is 0. The molecule has 1 aromatic carbocycles. The first-order chi connectivity index (χ1) is 8.83. The second-order valence-electron chi connectivity index (χ2n) is 4.47. The van der Waals surface area contributed by atoms with E-state index in [9.17, 15) is 0 Å². The van der Waals surface area contributed by atoms with Gasteiger partial charge in [-0.3, -0.25) is 0 Å². The molecule has 3 nitrogen and oxygen atoms in total. The molecule has 0 atom stereocenters. The van der Waals surface area contributed by atoms with Crippen LogP contribution in [0.4, 0.5) is 0 Å². The topological polar surface area (TPSA) is 30.5 Å². The van der Waals surface area contributed by atoms with E-state index in [2.05, 4.69) is 24.0 Å². The van der Waals surface area contributed by atoms with Crippen molar-refractivity contribution in [2.45, 2.75) is 32.4 Å². The maximum Gasteiger partial charge on any atom is 0.161 e. The highest BCUT2D eigenvalue weighted by molar-refractivity contribution is 5.85. The third kappa shape index (κ3) is 5.13. The van der Waals surface area contributed by atoms with Crippen molar-refractivity contribution < 1.29 is 9.47 Å². The normalized spacial score (nSPS) is 13.5. The van der Waals surface area contributed by atoms with E-state index in [1.807, 2.05) is 13.0 Å². The predicted octanol–water partition coefficient (Wildman–Crippen LogP) is 3.32. The maximum atomic E-state index is 5.61. The van der Waals surface area contributed by atoms with E-state index in [0.717, 1.165) is 24.1 Å². The van der Waals surface area contributed by atoms with E-state index in [-0.39, 0.29) is 12.4 Å². The fraction of sp³-hybridized carbons (Fsp3) is 0.467. The van der Waals surface area contributed by atoms with Crippen molar-refractivity contribution in [1.29, 1.82) is 0 Å². The fourth-order valence-corrected chi connectivity index (χ4v) is 1.75. The first-order valence-electron chi connectivity index (χ1n) is 6.56. The molecule has 0 aliphatic heterocycles. The van der Waals surface area contributed by atoms with E-state index >= 15 is 0 Å². The molecule has 0 amide bonds. The van der Waals surface area contributed by atoms with Crippen LogP contribution in [0.15, 0.2) is 30.9 Å². The van der Waals surface area contributed by atoms with Crippen molar-refractivity contribution in [1.82, 2.24) is 5.32 Å². The molecule has 1 saturated carbocycles. The van der Waals surface area contributed by atoms with Crippen LogP contribution in [0.3, 0.4) is 0 Å². The molecule has 0 bridgehead atoms. The summed E-state index contributed by atoms with van der Waals surface area (Å²) in [6.45, 7) is 7.67. The maximum absolute atomic E-state index is 5.61. The molecule has 0 spiro atoms. The molecule has 4 heteroatoms. The summed E-state index contributed by atoms with van der Waals surface area (Å²) in [5, 5.41) is 3.49. The summed E-state index contributed by atoms with van der Waals surface area (Å²) < 4.78 is 11.2. The van der Waals surface area contributed by atoms with Gasteiger partial charge in [-0.25, -0.2) is 0 Å². The Hall–Kier alpha value is -1.19. The number of rotatable bonds is 8. The molecule has 0 heterocycles. The number of hydrogen-bond acceptors (Lipinski definition) is 3. The summed E-state index contributed by atoms with van der Waals surface area (Å²) in [6, 6.07) is 6.82. The van der Waals surface area contributed by atoms with Crippen molar-refractivity contribution >= 4 is 12.4 Å². The van der Waals surface area contributed by atoms with Crippen molar-refractivity contribution in [3.63, 3.8) is 0 Å². The van der Waals surface area contributed by atoms with Gasteiger partial charge in [-0.2, -0.15) is 0 Å². The van der Waals surface area contributed by atoms with Gasteiger partial charge in [-0.05, 0) is 37.5 Å². The first-order valence-corrected chi connectivity index (χ1v) is 6.56. The fourth-order valence-electron chi connectivity index (χ4n) is 1.75. The van der Waals surface area contributed by atoms with Gasteiger partial charge in [0.05, 0.1) is 6.61 Å². The Labute approximate surface area is 121 Å². The summed E-state index contributed by atoms with van der Waals surface area (Å²) in [7, 11) is 0. The molecule has 0 aromatic heterocycles. The summed E-state index contributed by atoms with van der Waals surface area (Å²) >= 11 is 0. The van der Waals surface area contributed by atoms with Crippen LogP contribution in [0.2, 0.25) is 0 Å². The average Bonchev–Trinajstić information content (AvgIpc) is 3.20. The monoisotopic (exact) mass is 283 g/mol. The smallest absolute Gasteiger partial charge is 0.161 e. The molecule has 2 rings (SSSR count). The van der Waals surface area contributed by atoms with Crippen LogP contribution >= 0.6 is 12.4 Å². The Bertz CT molecular complexity index is 405. The molecule has 0 saturated heterocycles. The largest absolute Gasteiger partial charge is 0.490 e. The minimum absolute atomic E-state index is 0. The summed E-state index contributed by atoms with van der Waals surface area (Å²) in [4.78, 5) is 0. The SMILES string of the molecule is C=CCOc1ccc(CNC2CC2)cc1OCC.Cl. The van der Waals surface area contributed by atoms with Crippen molar-refractivity contribution in [2.24, 2.45) is 0 Å². The van der Waals surface area contributed by atoms with E-state index < -0.39 is 0 Å². The van der Waals surface area contributed by atoms with Crippen LogP contribution in [0, 0.1) is 0 Å². The van der Waals surface area contributed by atoms with Gasteiger partial charge in [0.15, 0.2) is 11.5 Å². The average molecular weight is 284 g/mol. The first kappa shape index (κ1) is 15.9. The van der Waals surface area contributed by atoms with Crippen molar-refractivity contribution in [2.75, 3.05) is 13.2 Å². The summed E-state index contributed by atoms with van der Waals surface area (Å²) in [5.74, 6) is 1.60. The number of benzene rings is 1. The second-order valence-corrected chi connectivity index (χ2v) is 4.47. The van der Waals surface area contributed by atoms with Crippen LogP contribution < -0.4 is 14.8 Å². The van der Waals surface area contributed by atoms with Gasteiger partial charge in [0, 0.05) is 12.6 Å². The number of halogens is 1. The third-order valence-electron chi connectivity index (χ3n) is 2.84. The Morgan fingerprint density at radius 1 is 1.32 bits per heavy atom. The lowest BCUT2D eigenvalue weighted by molar-refractivity contribution is 0.296. The van der Waals surface area contributed by atoms with Crippen LogP contribution in [0.25, 0.3) is 0 Å². The Morgan fingerprint density at radius 3 is 2.74 bits per heavy atom. The van der Waals surface area contributed by atoms with Gasteiger partial charge >= 0.3 is 0 Å². The van der Waals surface area contributed by atoms with Gasteiger partial charge in [-0.15, -0.1) is 12.4 Å². The number of ether oxygens (including phenoxy) is 2. The zero-order chi connectivity index (χ0) is 12.8. The van der Waals surface area contributed by atoms with Gasteiger partial charge in [-0.1, -0.05) is 18.7 Å². The lowest BCUT2D eigenvalue weighted by atomic mass is 10.2.